The summed E-state index contributed by atoms with van der Waals surface area (Å²) in [6.07, 6.45) is -2.99. The van der Waals surface area contributed by atoms with Gasteiger partial charge >= 0.3 is 6.18 Å². The SMILES string of the molecule is Nc1ncc(Br)nc1-c1nc2cc(C(F)(F)F)ccc2[nH]1. The molecule has 21 heavy (non-hydrogen) atoms. The van der Waals surface area contributed by atoms with Crippen LogP contribution in [0.3, 0.4) is 0 Å². The summed E-state index contributed by atoms with van der Waals surface area (Å²) in [6.45, 7) is 0. The van der Waals surface area contributed by atoms with Crippen LogP contribution in [0.5, 0.6) is 0 Å². The Morgan fingerprint density at radius 2 is 1.95 bits per heavy atom. The normalized spacial score (nSPS) is 12.0. The number of rotatable bonds is 1. The van der Waals surface area contributed by atoms with Crippen molar-refractivity contribution in [2.24, 2.45) is 0 Å². The van der Waals surface area contributed by atoms with Gasteiger partial charge in [-0.3, -0.25) is 0 Å². The Balaban J connectivity index is 2.15. The van der Waals surface area contributed by atoms with Gasteiger partial charge in [-0.1, -0.05) is 0 Å². The van der Waals surface area contributed by atoms with Crippen molar-refractivity contribution in [3.05, 3.63) is 34.6 Å². The monoisotopic (exact) mass is 357 g/mol. The number of nitrogens with two attached hydrogens (primary N) is 1. The molecular formula is C12H7BrF3N5. The van der Waals surface area contributed by atoms with E-state index in [1.807, 2.05) is 0 Å². The number of anilines is 1. The molecule has 0 radical (unpaired) electrons. The maximum atomic E-state index is 12.7. The van der Waals surface area contributed by atoms with Crippen LogP contribution in [-0.4, -0.2) is 19.9 Å². The zero-order valence-corrected chi connectivity index (χ0v) is 11.8. The lowest BCUT2D eigenvalue weighted by molar-refractivity contribution is -0.137. The van der Waals surface area contributed by atoms with Gasteiger partial charge < -0.3 is 10.7 Å². The minimum absolute atomic E-state index is 0.133. The van der Waals surface area contributed by atoms with E-state index in [4.69, 9.17) is 5.73 Å². The van der Waals surface area contributed by atoms with Crippen molar-refractivity contribution in [2.75, 3.05) is 5.73 Å². The summed E-state index contributed by atoms with van der Waals surface area (Å²) in [7, 11) is 0. The molecule has 0 spiro atoms. The highest BCUT2D eigenvalue weighted by Gasteiger charge is 2.30. The summed E-state index contributed by atoms with van der Waals surface area (Å²) >= 11 is 3.16. The zero-order chi connectivity index (χ0) is 15.2. The van der Waals surface area contributed by atoms with Crippen molar-refractivity contribution in [1.29, 1.82) is 0 Å². The molecule has 0 aliphatic carbocycles. The Morgan fingerprint density at radius 1 is 1.19 bits per heavy atom. The number of nitrogen functional groups attached to an aromatic ring is 1. The Kier molecular flexibility index (Phi) is 3.08. The van der Waals surface area contributed by atoms with Gasteiger partial charge in [0, 0.05) is 0 Å². The maximum absolute atomic E-state index is 12.7. The maximum Gasteiger partial charge on any atom is 0.416 e. The summed E-state index contributed by atoms with van der Waals surface area (Å²) in [4.78, 5) is 15.0. The van der Waals surface area contributed by atoms with Gasteiger partial charge in [-0.25, -0.2) is 15.0 Å². The largest absolute Gasteiger partial charge is 0.416 e. The minimum atomic E-state index is -4.41. The van der Waals surface area contributed by atoms with Gasteiger partial charge in [0.2, 0.25) is 0 Å². The first-order valence-electron chi connectivity index (χ1n) is 5.70. The molecule has 108 valence electrons. The molecule has 0 atom stereocenters. The molecule has 2 aromatic heterocycles. The van der Waals surface area contributed by atoms with Crippen molar-refractivity contribution >= 4 is 32.8 Å². The Morgan fingerprint density at radius 3 is 2.67 bits per heavy atom. The van der Waals surface area contributed by atoms with Gasteiger partial charge in [0.15, 0.2) is 11.6 Å². The summed E-state index contributed by atoms with van der Waals surface area (Å²) in [6, 6.07) is 3.27. The van der Waals surface area contributed by atoms with Gasteiger partial charge in [0.1, 0.15) is 10.3 Å². The number of hydrogen-bond donors (Lipinski definition) is 2. The third kappa shape index (κ3) is 2.56. The molecule has 3 rings (SSSR count). The number of nitrogens with zero attached hydrogens (tertiary/aromatic N) is 3. The third-order valence-electron chi connectivity index (χ3n) is 2.81. The van der Waals surface area contributed by atoms with Crippen LogP contribution in [0.2, 0.25) is 0 Å². The fourth-order valence-corrected chi connectivity index (χ4v) is 2.13. The van der Waals surface area contributed by atoms with Crippen molar-refractivity contribution in [3.63, 3.8) is 0 Å². The summed E-state index contributed by atoms with van der Waals surface area (Å²) in [5.41, 5.74) is 5.86. The molecule has 0 fully saturated rings. The van der Waals surface area contributed by atoms with E-state index in [1.54, 1.807) is 0 Å². The highest BCUT2D eigenvalue weighted by molar-refractivity contribution is 9.10. The van der Waals surface area contributed by atoms with Crippen LogP contribution in [0.4, 0.5) is 19.0 Å². The topological polar surface area (TPSA) is 80.5 Å². The first-order valence-corrected chi connectivity index (χ1v) is 6.49. The van der Waals surface area contributed by atoms with Gasteiger partial charge in [-0.2, -0.15) is 13.2 Å². The van der Waals surface area contributed by atoms with Crippen molar-refractivity contribution in [2.45, 2.75) is 6.18 Å². The molecule has 2 heterocycles. The Hall–Kier alpha value is -2.16. The van der Waals surface area contributed by atoms with Crippen LogP contribution in [0.15, 0.2) is 29.0 Å². The quantitative estimate of drug-likeness (QED) is 0.699. The molecule has 0 aliphatic rings. The molecule has 0 bridgehead atoms. The van der Waals surface area contributed by atoms with Crippen LogP contribution in [0, 0.1) is 0 Å². The second-order valence-electron chi connectivity index (χ2n) is 4.24. The molecular weight excluding hydrogens is 351 g/mol. The van der Waals surface area contributed by atoms with Crippen molar-refractivity contribution in [3.8, 4) is 11.5 Å². The first-order chi connectivity index (χ1) is 9.84. The smallest absolute Gasteiger partial charge is 0.382 e. The summed E-state index contributed by atoms with van der Waals surface area (Å²) in [5.74, 6) is 0.393. The fourth-order valence-electron chi connectivity index (χ4n) is 1.85. The fraction of sp³-hybridized carbons (Fsp3) is 0.0833. The predicted octanol–water partition coefficient (Wildman–Crippen LogP) is 3.38. The number of hydrogen-bond acceptors (Lipinski definition) is 4. The number of benzene rings is 1. The first kappa shape index (κ1) is 13.8. The third-order valence-corrected chi connectivity index (χ3v) is 3.19. The van der Waals surface area contributed by atoms with E-state index in [1.165, 1.54) is 12.3 Å². The lowest BCUT2D eigenvalue weighted by atomic mass is 10.2. The van der Waals surface area contributed by atoms with Crippen LogP contribution >= 0.6 is 15.9 Å². The van der Waals surface area contributed by atoms with Crippen molar-refractivity contribution < 1.29 is 13.2 Å². The van der Waals surface area contributed by atoms with Crippen LogP contribution in [-0.2, 0) is 6.18 Å². The molecule has 0 aliphatic heterocycles. The van der Waals surface area contributed by atoms with E-state index in [2.05, 4.69) is 35.9 Å². The minimum Gasteiger partial charge on any atom is -0.382 e. The number of aromatic amines is 1. The number of imidazole rings is 1. The van der Waals surface area contributed by atoms with Gasteiger partial charge in [0.25, 0.3) is 0 Å². The van der Waals surface area contributed by atoms with E-state index >= 15 is 0 Å². The highest BCUT2D eigenvalue weighted by Crippen LogP contribution is 2.32. The molecule has 3 N–H and O–H groups in total. The van der Waals surface area contributed by atoms with Crippen LogP contribution in [0.1, 0.15) is 5.56 Å². The van der Waals surface area contributed by atoms with Gasteiger partial charge in [-0.15, -0.1) is 0 Å². The highest BCUT2D eigenvalue weighted by atomic mass is 79.9. The van der Waals surface area contributed by atoms with Crippen molar-refractivity contribution in [1.82, 2.24) is 19.9 Å². The van der Waals surface area contributed by atoms with E-state index in [9.17, 15) is 13.2 Å². The second kappa shape index (κ2) is 4.69. The molecule has 0 saturated carbocycles. The number of fused-ring (bicyclic) bond motifs is 1. The molecule has 9 heteroatoms. The summed E-state index contributed by atoms with van der Waals surface area (Å²) < 4.78 is 38.5. The number of halogens is 4. The number of H-pyrrole nitrogens is 1. The molecule has 0 amide bonds. The predicted molar refractivity (Wildman–Crippen MR) is 74.2 cm³/mol. The number of nitrogens with one attached hydrogen (secondary N) is 1. The molecule has 5 nitrogen and oxygen atoms in total. The lowest BCUT2D eigenvalue weighted by Crippen LogP contribution is -2.04. The van der Waals surface area contributed by atoms with E-state index < -0.39 is 11.7 Å². The molecule has 3 aromatic rings. The second-order valence-corrected chi connectivity index (χ2v) is 5.05. The Bertz CT molecular complexity index is 827. The van der Waals surface area contributed by atoms with Crippen LogP contribution in [0.25, 0.3) is 22.6 Å². The number of aromatic nitrogens is 4. The Labute approximate surface area is 124 Å². The molecule has 0 unspecified atom stereocenters. The average Bonchev–Trinajstić information content (AvgIpc) is 2.83. The van der Waals surface area contributed by atoms with Gasteiger partial charge in [-0.05, 0) is 34.1 Å². The summed E-state index contributed by atoms with van der Waals surface area (Å²) in [5, 5.41) is 0. The van der Waals surface area contributed by atoms with Crippen LogP contribution < -0.4 is 5.73 Å². The standard InChI is InChI=1S/C12H7BrF3N5/c13-8-4-18-10(17)9(21-8)11-19-6-2-1-5(12(14,15)16)3-7(6)20-11/h1-4H,(H2,17,18)(H,19,20). The zero-order valence-electron chi connectivity index (χ0n) is 10.2. The molecule has 1 aromatic carbocycles. The lowest BCUT2D eigenvalue weighted by Gasteiger charge is -2.04. The van der Waals surface area contributed by atoms with Gasteiger partial charge in [0.05, 0.1) is 22.8 Å². The number of alkyl halides is 3. The van der Waals surface area contributed by atoms with E-state index in [-0.39, 0.29) is 22.9 Å². The molecule has 0 saturated heterocycles. The average molecular weight is 358 g/mol. The van der Waals surface area contributed by atoms with E-state index in [0.29, 0.717) is 10.1 Å². The van der Waals surface area contributed by atoms with E-state index in [0.717, 1.165) is 12.1 Å².